The van der Waals surface area contributed by atoms with Crippen molar-refractivity contribution in [3.05, 3.63) is 29.8 Å². The molecular weight excluding hydrogens is 198 g/mol. The lowest BCUT2D eigenvalue weighted by molar-refractivity contribution is 0.141. The van der Waals surface area contributed by atoms with E-state index in [1.54, 1.807) is 0 Å². The van der Waals surface area contributed by atoms with Gasteiger partial charge in [-0.05, 0) is 37.8 Å². The van der Waals surface area contributed by atoms with Crippen molar-refractivity contribution in [2.24, 2.45) is 0 Å². The first-order valence-corrected chi connectivity index (χ1v) is 6.26. The van der Waals surface area contributed by atoms with Crippen LogP contribution in [0.15, 0.2) is 24.3 Å². The molecule has 2 rings (SSSR count). The number of para-hydroxylation sites is 1. The van der Waals surface area contributed by atoms with E-state index in [1.165, 1.54) is 24.1 Å². The Morgan fingerprint density at radius 3 is 2.88 bits per heavy atom. The van der Waals surface area contributed by atoms with Crippen molar-refractivity contribution in [2.75, 3.05) is 11.4 Å². The van der Waals surface area contributed by atoms with Crippen molar-refractivity contribution in [1.82, 2.24) is 0 Å². The van der Waals surface area contributed by atoms with Crippen molar-refractivity contribution in [3.8, 4) is 0 Å². The Kier molecular flexibility index (Phi) is 3.49. The van der Waals surface area contributed by atoms with Crippen LogP contribution in [0.5, 0.6) is 0 Å². The first-order valence-electron chi connectivity index (χ1n) is 6.26. The van der Waals surface area contributed by atoms with Crippen LogP contribution in [0.4, 0.5) is 5.69 Å². The average molecular weight is 219 g/mol. The molecule has 1 aromatic rings. The summed E-state index contributed by atoms with van der Waals surface area (Å²) in [7, 11) is 0. The topological polar surface area (TPSA) is 23.5 Å². The first kappa shape index (κ1) is 11.5. The molecule has 2 unspecified atom stereocenters. The largest absolute Gasteiger partial charge is 0.391 e. The maximum Gasteiger partial charge on any atom is 0.0738 e. The molecule has 1 aliphatic heterocycles. The third-order valence-electron chi connectivity index (χ3n) is 3.61. The van der Waals surface area contributed by atoms with Crippen molar-refractivity contribution in [3.63, 3.8) is 0 Å². The molecular formula is C14H21NO. The molecule has 1 heterocycles. The monoisotopic (exact) mass is 219 g/mol. The number of aryl methyl sites for hydroxylation is 1. The fraction of sp³-hybridized carbons (Fsp3) is 0.571. The molecule has 0 saturated heterocycles. The molecule has 0 spiro atoms. The Morgan fingerprint density at radius 1 is 1.38 bits per heavy atom. The fourth-order valence-corrected chi connectivity index (χ4v) is 2.53. The molecule has 1 aliphatic rings. The molecule has 2 nitrogen and oxygen atoms in total. The summed E-state index contributed by atoms with van der Waals surface area (Å²) in [5.74, 6) is 0. The molecule has 0 saturated carbocycles. The molecule has 0 aliphatic carbocycles. The highest BCUT2D eigenvalue weighted by atomic mass is 16.3. The van der Waals surface area contributed by atoms with Crippen LogP contribution in [0.3, 0.4) is 0 Å². The van der Waals surface area contributed by atoms with Crippen LogP contribution in [0, 0.1) is 0 Å². The molecule has 88 valence electrons. The highest BCUT2D eigenvalue weighted by Crippen LogP contribution is 2.29. The zero-order chi connectivity index (χ0) is 11.5. The highest BCUT2D eigenvalue weighted by Gasteiger charge is 2.24. The molecule has 0 radical (unpaired) electrons. The summed E-state index contributed by atoms with van der Waals surface area (Å²) in [6.45, 7) is 5.22. The number of aliphatic hydroxyl groups is 1. The zero-order valence-corrected chi connectivity index (χ0v) is 10.2. The van der Waals surface area contributed by atoms with E-state index >= 15 is 0 Å². The molecule has 0 amide bonds. The summed E-state index contributed by atoms with van der Waals surface area (Å²) in [6, 6.07) is 8.78. The third-order valence-corrected chi connectivity index (χ3v) is 3.61. The van der Waals surface area contributed by atoms with Gasteiger partial charge in [-0.15, -0.1) is 0 Å². The highest BCUT2D eigenvalue weighted by molar-refractivity contribution is 5.56. The van der Waals surface area contributed by atoms with Crippen LogP contribution in [-0.4, -0.2) is 23.8 Å². The van der Waals surface area contributed by atoms with E-state index < -0.39 is 0 Å². The normalized spacial score (nSPS) is 19.1. The first-order chi connectivity index (χ1) is 7.74. The molecule has 1 aromatic carbocycles. The smallest absolute Gasteiger partial charge is 0.0738 e. The number of benzene rings is 1. The van der Waals surface area contributed by atoms with Gasteiger partial charge in [-0.1, -0.05) is 25.1 Å². The van der Waals surface area contributed by atoms with E-state index in [2.05, 4.69) is 36.1 Å². The molecule has 2 atom stereocenters. The Balaban J connectivity index is 2.24. The maximum atomic E-state index is 9.96. The Labute approximate surface area is 97.9 Å². The summed E-state index contributed by atoms with van der Waals surface area (Å²) in [5.41, 5.74) is 2.73. The van der Waals surface area contributed by atoms with E-state index in [1.807, 2.05) is 6.92 Å². The molecule has 0 aromatic heterocycles. The van der Waals surface area contributed by atoms with Gasteiger partial charge in [0.25, 0.3) is 0 Å². The Morgan fingerprint density at radius 2 is 2.12 bits per heavy atom. The van der Waals surface area contributed by atoms with Gasteiger partial charge in [0.1, 0.15) is 0 Å². The van der Waals surface area contributed by atoms with Gasteiger partial charge in [0.15, 0.2) is 0 Å². The molecule has 2 heteroatoms. The second kappa shape index (κ2) is 4.88. The van der Waals surface area contributed by atoms with Gasteiger partial charge in [-0.2, -0.15) is 0 Å². The van der Waals surface area contributed by atoms with Crippen LogP contribution in [-0.2, 0) is 6.42 Å². The lowest BCUT2D eigenvalue weighted by atomic mass is 9.98. The molecule has 1 N–H and O–H groups in total. The van der Waals surface area contributed by atoms with Crippen LogP contribution in [0.25, 0.3) is 0 Å². The summed E-state index contributed by atoms with van der Waals surface area (Å²) in [4.78, 5) is 2.35. The van der Waals surface area contributed by atoms with Gasteiger partial charge >= 0.3 is 0 Å². The van der Waals surface area contributed by atoms with Gasteiger partial charge in [-0.3, -0.25) is 0 Å². The van der Waals surface area contributed by atoms with Crippen LogP contribution < -0.4 is 4.90 Å². The summed E-state index contributed by atoms with van der Waals surface area (Å²) in [5, 5.41) is 9.96. The predicted octanol–water partition coefficient (Wildman–Crippen LogP) is 2.60. The summed E-state index contributed by atoms with van der Waals surface area (Å²) >= 11 is 0. The third kappa shape index (κ3) is 2.07. The van der Waals surface area contributed by atoms with Crippen LogP contribution >= 0.6 is 0 Å². The van der Waals surface area contributed by atoms with Crippen molar-refractivity contribution in [2.45, 2.75) is 45.3 Å². The lowest BCUT2D eigenvalue weighted by Gasteiger charge is -2.38. The number of aliphatic hydroxyl groups excluding tert-OH is 1. The standard InChI is InChI=1S/C14H21NO/c1-3-14(16)11(2)15-10-6-8-12-7-4-5-9-13(12)15/h4-5,7,9,11,14,16H,3,6,8,10H2,1-2H3. The van der Waals surface area contributed by atoms with Crippen molar-refractivity contribution >= 4 is 5.69 Å². The second-order valence-electron chi connectivity index (χ2n) is 4.64. The second-order valence-corrected chi connectivity index (χ2v) is 4.64. The average Bonchev–Trinajstić information content (AvgIpc) is 2.36. The number of fused-ring (bicyclic) bond motifs is 1. The van der Waals surface area contributed by atoms with E-state index in [0.29, 0.717) is 0 Å². The number of anilines is 1. The van der Waals surface area contributed by atoms with Gasteiger partial charge < -0.3 is 10.0 Å². The lowest BCUT2D eigenvalue weighted by Crippen LogP contribution is -2.44. The van der Waals surface area contributed by atoms with Crippen LogP contribution in [0.1, 0.15) is 32.3 Å². The van der Waals surface area contributed by atoms with E-state index in [9.17, 15) is 5.11 Å². The summed E-state index contributed by atoms with van der Waals surface area (Å²) < 4.78 is 0. The maximum absolute atomic E-state index is 9.96. The number of hydrogen-bond donors (Lipinski definition) is 1. The Hall–Kier alpha value is -1.02. The van der Waals surface area contributed by atoms with Crippen molar-refractivity contribution in [1.29, 1.82) is 0 Å². The summed E-state index contributed by atoms with van der Waals surface area (Å²) in [6.07, 6.45) is 2.95. The van der Waals surface area contributed by atoms with E-state index in [4.69, 9.17) is 0 Å². The van der Waals surface area contributed by atoms with E-state index in [0.717, 1.165) is 13.0 Å². The minimum atomic E-state index is -0.230. The number of nitrogens with zero attached hydrogens (tertiary/aromatic N) is 1. The molecule has 16 heavy (non-hydrogen) atoms. The van der Waals surface area contributed by atoms with E-state index in [-0.39, 0.29) is 12.1 Å². The number of rotatable bonds is 3. The minimum Gasteiger partial charge on any atom is -0.391 e. The number of hydrogen-bond acceptors (Lipinski definition) is 2. The predicted molar refractivity (Wildman–Crippen MR) is 67.9 cm³/mol. The zero-order valence-electron chi connectivity index (χ0n) is 10.2. The molecule has 0 fully saturated rings. The van der Waals surface area contributed by atoms with Gasteiger partial charge in [-0.25, -0.2) is 0 Å². The van der Waals surface area contributed by atoms with Gasteiger partial charge in [0, 0.05) is 12.2 Å². The van der Waals surface area contributed by atoms with Gasteiger partial charge in [0.05, 0.1) is 12.1 Å². The van der Waals surface area contributed by atoms with Crippen LogP contribution in [0.2, 0.25) is 0 Å². The quantitative estimate of drug-likeness (QED) is 0.844. The van der Waals surface area contributed by atoms with Gasteiger partial charge in [0.2, 0.25) is 0 Å². The Bertz CT molecular complexity index is 350. The molecule has 0 bridgehead atoms. The SMILES string of the molecule is CCC(O)C(C)N1CCCc2ccccc21. The van der Waals surface area contributed by atoms with Crippen molar-refractivity contribution < 1.29 is 5.11 Å². The fourth-order valence-electron chi connectivity index (χ4n) is 2.53. The minimum absolute atomic E-state index is 0.214.